The summed E-state index contributed by atoms with van der Waals surface area (Å²) in [5, 5.41) is 0. The summed E-state index contributed by atoms with van der Waals surface area (Å²) < 4.78 is 33.6. The van der Waals surface area contributed by atoms with Gasteiger partial charge in [-0.25, -0.2) is 0 Å². The molecule has 144 valence electrons. The Morgan fingerprint density at radius 3 is 2.15 bits per heavy atom. The number of benzene rings is 1. The highest BCUT2D eigenvalue weighted by molar-refractivity contribution is 5.98. The maximum Gasteiger partial charge on any atom is 0.387 e. The molecular weight excluding hydrogens is 342 g/mol. The maximum absolute atomic E-state index is 12.2. The molecule has 0 radical (unpaired) electrons. The van der Waals surface area contributed by atoms with E-state index < -0.39 is 6.61 Å². The number of hydrogen-bond acceptors (Lipinski definition) is 4. The Balaban J connectivity index is 1.79. The molecule has 1 aliphatic rings. The van der Waals surface area contributed by atoms with Crippen molar-refractivity contribution in [3.05, 3.63) is 29.8 Å². The van der Waals surface area contributed by atoms with Crippen LogP contribution in [0.5, 0.6) is 5.75 Å². The van der Waals surface area contributed by atoms with E-state index >= 15 is 0 Å². The summed E-state index contributed by atoms with van der Waals surface area (Å²) in [6.45, 7) is 3.39. The smallest absolute Gasteiger partial charge is 0.387 e. The highest BCUT2D eigenvalue weighted by Gasteiger charge is 2.33. The predicted molar refractivity (Wildman–Crippen MR) is 93.3 cm³/mol. The largest absolute Gasteiger partial charge is 0.457 e. The van der Waals surface area contributed by atoms with Gasteiger partial charge < -0.3 is 9.47 Å². The van der Waals surface area contributed by atoms with E-state index in [0.717, 1.165) is 25.7 Å². The SMILES string of the molecule is CC(C)(C)C1CCC(C(=O)OCC(=O)c2ccc(OC(F)F)cc2)CC1. The first-order chi connectivity index (χ1) is 12.2. The van der Waals surface area contributed by atoms with Crippen LogP contribution < -0.4 is 4.74 Å². The zero-order chi connectivity index (χ0) is 19.3. The molecule has 1 aliphatic carbocycles. The minimum absolute atomic E-state index is 0.0239. The molecule has 0 heterocycles. The fourth-order valence-corrected chi connectivity index (χ4v) is 3.36. The van der Waals surface area contributed by atoms with Crippen molar-refractivity contribution in [2.24, 2.45) is 17.3 Å². The maximum atomic E-state index is 12.2. The number of carbonyl (C=O) groups is 2. The number of ether oxygens (including phenoxy) is 2. The quantitative estimate of drug-likeness (QED) is 0.531. The van der Waals surface area contributed by atoms with Crippen LogP contribution in [0.25, 0.3) is 0 Å². The van der Waals surface area contributed by atoms with Crippen LogP contribution in [-0.2, 0) is 9.53 Å². The molecular formula is C20H26F2O4. The third-order valence-electron chi connectivity index (χ3n) is 5.03. The summed E-state index contributed by atoms with van der Waals surface area (Å²) in [6.07, 6.45) is 3.55. The Bertz CT molecular complexity index is 612. The fourth-order valence-electron chi connectivity index (χ4n) is 3.36. The van der Waals surface area contributed by atoms with E-state index in [9.17, 15) is 18.4 Å². The molecule has 0 N–H and O–H groups in total. The molecule has 0 bridgehead atoms. The summed E-state index contributed by atoms with van der Waals surface area (Å²) in [5.41, 5.74) is 0.529. The minimum Gasteiger partial charge on any atom is -0.457 e. The number of esters is 1. The van der Waals surface area contributed by atoms with Crippen molar-refractivity contribution in [2.75, 3.05) is 6.61 Å². The highest BCUT2D eigenvalue weighted by Crippen LogP contribution is 2.40. The standard InChI is InChI=1S/C20H26F2O4/c1-20(2,3)15-8-4-14(5-9-15)18(24)25-12-17(23)13-6-10-16(11-7-13)26-19(21)22/h6-7,10-11,14-15,19H,4-5,8-9,12H2,1-3H3. The number of carbonyl (C=O) groups excluding carboxylic acids is 2. The second-order valence-corrected chi connectivity index (χ2v) is 7.85. The van der Waals surface area contributed by atoms with Gasteiger partial charge in [-0.05, 0) is 61.3 Å². The van der Waals surface area contributed by atoms with Crippen molar-refractivity contribution in [3.63, 3.8) is 0 Å². The van der Waals surface area contributed by atoms with Gasteiger partial charge in [-0.3, -0.25) is 9.59 Å². The Labute approximate surface area is 152 Å². The van der Waals surface area contributed by atoms with E-state index in [0.29, 0.717) is 5.92 Å². The zero-order valence-corrected chi connectivity index (χ0v) is 15.5. The third-order valence-corrected chi connectivity index (χ3v) is 5.03. The molecule has 0 unspecified atom stereocenters. The van der Waals surface area contributed by atoms with Gasteiger partial charge in [-0.1, -0.05) is 20.8 Å². The van der Waals surface area contributed by atoms with Crippen LogP contribution in [0.15, 0.2) is 24.3 Å². The highest BCUT2D eigenvalue weighted by atomic mass is 19.3. The van der Waals surface area contributed by atoms with Crippen molar-refractivity contribution < 1.29 is 27.8 Å². The average molecular weight is 368 g/mol. The molecule has 0 atom stereocenters. The first-order valence-corrected chi connectivity index (χ1v) is 8.91. The number of rotatable bonds is 6. The van der Waals surface area contributed by atoms with Gasteiger partial charge in [0.15, 0.2) is 12.4 Å². The molecule has 0 aromatic heterocycles. The Kier molecular flexibility index (Phi) is 6.73. The molecule has 1 fully saturated rings. The monoisotopic (exact) mass is 368 g/mol. The molecule has 0 saturated heterocycles. The van der Waals surface area contributed by atoms with Crippen molar-refractivity contribution in [3.8, 4) is 5.75 Å². The van der Waals surface area contributed by atoms with Crippen molar-refractivity contribution in [1.29, 1.82) is 0 Å². The normalized spacial score (nSPS) is 20.7. The summed E-state index contributed by atoms with van der Waals surface area (Å²) in [4.78, 5) is 24.3. The first-order valence-electron chi connectivity index (χ1n) is 8.91. The Morgan fingerprint density at radius 2 is 1.65 bits per heavy atom. The van der Waals surface area contributed by atoms with Gasteiger partial charge in [0.1, 0.15) is 5.75 Å². The van der Waals surface area contributed by atoms with Gasteiger partial charge in [-0.15, -0.1) is 0 Å². The van der Waals surface area contributed by atoms with E-state index in [1.54, 1.807) is 0 Å². The summed E-state index contributed by atoms with van der Waals surface area (Å²) in [6, 6.07) is 5.33. The second kappa shape index (κ2) is 8.60. The lowest BCUT2D eigenvalue weighted by atomic mass is 9.70. The number of Topliss-reactive ketones (excluding diaryl/α,β-unsaturated/α-hetero) is 1. The Hall–Kier alpha value is -1.98. The van der Waals surface area contributed by atoms with Crippen molar-refractivity contribution in [1.82, 2.24) is 0 Å². The summed E-state index contributed by atoms with van der Waals surface area (Å²) in [5.74, 6) is -0.275. The molecule has 2 rings (SSSR count). The van der Waals surface area contributed by atoms with Gasteiger partial charge in [0.25, 0.3) is 0 Å². The first kappa shape index (κ1) is 20.3. The lowest BCUT2D eigenvalue weighted by Gasteiger charge is -2.36. The molecule has 1 saturated carbocycles. The molecule has 1 aromatic rings. The molecule has 0 spiro atoms. The van der Waals surface area contributed by atoms with Gasteiger partial charge >= 0.3 is 12.6 Å². The van der Waals surface area contributed by atoms with Gasteiger partial charge in [-0.2, -0.15) is 8.78 Å². The van der Waals surface area contributed by atoms with Gasteiger partial charge in [0.05, 0.1) is 5.92 Å². The lowest BCUT2D eigenvalue weighted by molar-refractivity contribution is -0.149. The van der Waals surface area contributed by atoms with Crippen molar-refractivity contribution in [2.45, 2.75) is 53.1 Å². The molecule has 0 amide bonds. The number of ketones is 1. The van der Waals surface area contributed by atoms with Crippen LogP contribution in [0.3, 0.4) is 0 Å². The number of halogens is 2. The van der Waals surface area contributed by atoms with Crippen LogP contribution in [0.2, 0.25) is 0 Å². The Morgan fingerprint density at radius 1 is 1.08 bits per heavy atom. The summed E-state index contributed by atoms with van der Waals surface area (Å²) in [7, 11) is 0. The number of hydrogen-bond donors (Lipinski definition) is 0. The van der Waals surface area contributed by atoms with E-state index in [1.807, 2.05) is 0 Å². The number of alkyl halides is 2. The van der Waals surface area contributed by atoms with Crippen LogP contribution in [0, 0.1) is 17.3 Å². The third kappa shape index (κ3) is 5.78. The zero-order valence-electron chi connectivity index (χ0n) is 15.5. The van der Waals surface area contributed by atoms with E-state index in [2.05, 4.69) is 25.5 Å². The minimum atomic E-state index is -2.91. The summed E-state index contributed by atoms with van der Waals surface area (Å²) >= 11 is 0. The fraction of sp³-hybridized carbons (Fsp3) is 0.600. The molecule has 0 aliphatic heterocycles. The molecule has 6 heteroatoms. The van der Waals surface area contributed by atoms with Gasteiger partial charge in [0.2, 0.25) is 0 Å². The van der Waals surface area contributed by atoms with Crippen molar-refractivity contribution >= 4 is 11.8 Å². The van der Waals surface area contributed by atoms with Crippen LogP contribution in [0.1, 0.15) is 56.8 Å². The molecule has 1 aromatic carbocycles. The van der Waals surface area contributed by atoms with Gasteiger partial charge in [0, 0.05) is 5.56 Å². The topological polar surface area (TPSA) is 52.6 Å². The van der Waals surface area contributed by atoms with Crippen LogP contribution >= 0.6 is 0 Å². The molecule has 26 heavy (non-hydrogen) atoms. The lowest BCUT2D eigenvalue weighted by Crippen LogP contribution is -2.30. The van der Waals surface area contributed by atoms with E-state index in [4.69, 9.17) is 4.74 Å². The van der Waals surface area contributed by atoms with E-state index in [-0.39, 0.29) is 41.0 Å². The average Bonchev–Trinajstić information content (AvgIpc) is 2.59. The van der Waals surface area contributed by atoms with Crippen LogP contribution in [0.4, 0.5) is 8.78 Å². The second-order valence-electron chi connectivity index (χ2n) is 7.85. The molecule has 4 nitrogen and oxygen atoms in total. The van der Waals surface area contributed by atoms with E-state index in [1.165, 1.54) is 24.3 Å². The predicted octanol–water partition coefficient (Wildman–Crippen LogP) is 4.87. The van der Waals surface area contributed by atoms with Crippen LogP contribution in [-0.4, -0.2) is 25.0 Å².